The van der Waals surface area contributed by atoms with E-state index in [0.29, 0.717) is 6.61 Å². The fourth-order valence-electron chi connectivity index (χ4n) is 1.95. The van der Waals surface area contributed by atoms with Crippen molar-refractivity contribution in [3.63, 3.8) is 0 Å². The minimum absolute atomic E-state index is 0.329. The van der Waals surface area contributed by atoms with Gasteiger partial charge in [-0.25, -0.2) is 0 Å². The molecule has 0 aromatic heterocycles. The van der Waals surface area contributed by atoms with Crippen molar-refractivity contribution in [2.45, 2.75) is 44.6 Å². The largest absolute Gasteiger partial charge is 0.396 e. The van der Waals surface area contributed by atoms with Crippen LogP contribution in [0.3, 0.4) is 0 Å². The summed E-state index contributed by atoms with van der Waals surface area (Å²) in [4.78, 5) is 2.56. The van der Waals surface area contributed by atoms with E-state index in [-0.39, 0.29) is 0 Å². The molecule has 1 saturated carbocycles. The van der Waals surface area contributed by atoms with Crippen LogP contribution in [0, 0.1) is 0 Å². The Balaban J connectivity index is 2.14. The number of nitrogens with zero attached hydrogens (tertiary/aromatic N) is 1. The molecule has 1 aliphatic rings. The van der Waals surface area contributed by atoms with Gasteiger partial charge >= 0.3 is 0 Å². The first kappa shape index (κ1) is 12.0. The van der Waals surface area contributed by atoms with Gasteiger partial charge < -0.3 is 15.7 Å². The molecule has 0 spiro atoms. The van der Waals surface area contributed by atoms with E-state index >= 15 is 0 Å². The van der Waals surface area contributed by atoms with Gasteiger partial charge in [0.2, 0.25) is 0 Å². The van der Waals surface area contributed by atoms with Crippen LogP contribution in [0.2, 0.25) is 0 Å². The fraction of sp³-hybridized carbons (Fsp3) is 1.00. The molecule has 1 aliphatic carbocycles. The van der Waals surface area contributed by atoms with Gasteiger partial charge in [0, 0.05) is 12.6 Å². The Morgan fingerprint density at radius 3 is 2.36 bits per heavy atom. The van der Waals surface area contributed by atoms with Gasteiger partial charge in [0.15, 0.2) is 0 Å². The summed E-state index contributed by atoms with van der Waals surface area (Å²) in [6.07, 6.45) is 7.29. The van der Waals surface area contributed by atoms with Crippen molar-refractivity contribution in [1.29, 1.82) is 0 Å². The van der Waals surface area contributed by atoms with Gasteiger partial charge in [0.25, 0.3) is 0 Å². The fourth-order valence-corrected chi connectivity index (χ4v) is 1.95. The number of aliphatic hydroxyl groups is 1. The monoisotopic (exact) mass is 200 g/mol. The molecule has 0 radical (unpaired) electrons. The number of hydrogen-bond donors (Lipinski definition) is 2. The highest BCUT2D eigenvalue weighted by molar-refractivity contribution is 4.79. The zero-order valence-corrected chi connectivity index (χ0v) is 9.12. The van der Waals surface area contributed by atoms with E-state index in [9.17, 15) is 0 Å². The van der Waals surface area contributed by atoms with Crippen LogP contribution in [0.4, 0.5) is 0 Å². The van der Waals surface area contributed by atoms with Crippen molar-refractivity contribution in [2.75, 3.05) is 26.2 Å². The maximum absolute atomic E-state index is 8.73. The lowest BCUT2D eigenvalue weighted by atomic mass is 9.91. The molecule has 3 heteroatoms. The van der Waals surface area contributed by atoms with Crippen LogP contribution in [0.5, 0.6) is 0 Å². The lowest BCUT2D eigenvalue weighted by Gasteiger charge is -2.37. The van der Waals surface area contributed by atoms with Crippen LogP contribution < -0.4 is 5.73 Å². The Morgan fingerprint density at radius 2 is 1.86 bits per heavy atom. The molecule has 84 valence electrons. The SMILES string of the molecule is NCCCN(CCCCO)C1CCC1. The lowest BCUT2D eigenvalue weighted by molar-refractivity contribution is 0.121. The molecule has 0 bridgehead atoms. The summed E-state index contributed by atoms with van der Waals surface area (Å²) in [5, 5.41) is 8.73. The van der Waals surface area contributed by atoms with Gasteiger partial charge in [-0.3, -0.25) is 0 Å². The summed E-state index contributed by atoms with van der Waals surface area (Å²) < 4.78 is 0. The summed E-state index contributed by atoms with van der Waals surface area (Å²) in [6, 6.07) is 0.820. The van der Waals surface area contributed by atoms with Gasteiger partial charge in [0.1, 0.15) is 0 Å². The Hall–Kier alpha value is -0.120. The molecular formula is C11H24N2O. The van der Waals surface area contributed by atoms with Crippen LogP contribution >= 0.6 is 0 Å². The Morgan fingerprint density at radius 1 is 1.14 bits per heavy atom. The number of rotatable bonds is 8. The summed E-state index contributed by atoms with van der Waals surface area (Å²) in [7, 11) is 0. The number of hydrogen-bond acceptors (Lipinski definition) is 3. The predicted molar refractivity (Wildman–Crippen MR) is 59.2 cm³/mol. The number of unbranched alkanes of at least 4 members (excludes halogenated alkanes) is 1. The van der Waals surface area contributed by atoms with E-state index in [0.717, 1.165) is 44.9 Å². The molecule has 0 saturated heterocycles. The molecule has 0 unspecified atom stereocenters. The van der Waals surface area contributed by atoms with Crippen molar-refractivity contribution < 1.29 is 5.11 Å². The average molecular weight is 200 g/mol. The van der Waals surface area contributed by atoms with Crippen molar-refractivity contribution in [2.24, 2.45) is 5.73 Å². The molecule has 0 aromatic carbocycles. The first-order chi connectivity index (χ1) is 6.88. The third-order valence-corrected chi connectivity index (χ3v) is 3.09. The second kappa shape index (κ2) is 7.21. The molecule has 3 N–H and O–H groups in total. The first-order valence-corrected chi connectivity index (χ1v) is 5.93. The third-order valence-electron chi connectivity index (χ3n) is 3.09. The summed E-state index contributed by atoms with van der Waals surface area (Å²) >= 11 is 0. The maximum Gasteiger partial charge on any atom is 0.0431 e. The molecule has 1 rings (SSSR count). The van der Waals surface area contributed by atoms with Gasteiger partial charge in [0.05, 0.1) is 0 Å². The van der Waals surface area contributed by atoms with Crippen LogP contribution in [-0.2, 0) is 0 Å². The molecule has 0 aromatic rings. The van der Waals surface area contributed by atoms with Crippen molar-refractivity contribution >= 4 is 0 Å². The molecular weight excluding hydrogens is 176 g/mol. The quantitative estimate of drug-likeness (QED) is 0.574. The second-order valence-corrected chi connectivity index (χ2v) is 4.19. The zero-order valence-electron chi connectivity index (χ0n) is 9.12. The van der Waals surface area contributed by atoms with Crippen LogP contribution in [0.1, 0.15) is 38.5 Å². The molecule has 0 heterocycles. The highest BCUT2D eigenvalue weighted by Gasteiger charge is 2.23. The molecule has 0 amide bonds. The Kier molecular flexibility index (Phi) is 6.15. The van der Waals surface area contributed by atoms with E-state index in [2.05, 4.69) is 4.90 Å². The minimum atomic E-state index is 0.329. The summed E-state index contributed by atoms with van der Waals surface area (Å²) in [5.74, 6) is 0. The predicted octanol–water partition coefficient (Wildman–Crippen LogP) is 0.962. The van der Waals surface area contributed by atoms with E-state index in [1.165, 1.54) is 19.3 Å². The molecule has 14 heavy (non-hydrogen) atoms. The van der Waals surface area contributed by atoms with Gasteiger partial charge in [-0.1, -0.05) is 6.42 Å². The highest BCUT2D eigenvalue weighted by Crippen LogP contribution is 2.24. The Bertz CT molecular complexity index is 137. The lowest BCUT2D eigenvalue weighted by Crippen LogP contribution is -2.41. The minimum Gasteiger partial charge on any atom is -0.396 e. The van der Waals surface area contributed by atoms with E-state index < -0.39 is 0 Å². The third kappa shape index (κ3) is 3.95. The smallest absolute Gasteiger partial charge is 0.0431 e. The molecule has 0 aliphatic heterocycles. The van der Waals surface area contributed by atoms with Gasteiger partial charge in [-0.15, -0.1) is 0 Å². The first-order valence-electron chi connectivity index (χ1n) is 5.93. The molecule has 0 atom stereocenters. The normalized spacial score (nSPS) is 17.4. The Labute approximate surface area is 87.3 Å². The van der Waals surface area contributed by atoms with Gasteiger partial charge in [-0.2, -0.15) is 0 Å². The van der Waals surface area contributed by atoms with E-state index in [4.69, 9.17) is 10.8 Å². The van der Waals surface area contributed by atoms with Gasteiger partial charge in [-0.05, 0) is 51.7 Å². The van der Waals surface area contributed by atoms with E-state index in [1.54, 1.807) is 0 Å². The molecule has 3 nitrogen and oxygen atoms in total. The molecule has 1 fully saturated rings. The van der Waals surface area contributed by atoms with E-state index in [1.807, 2.05) is 0 Å². The average Bonchev–Trinajstić information content (AvgIpc) is 2.11. The number of aliphatic hydroxyl groups excluding tert-OH is 1. The summed E-state index contributed by atoms with van der Waals surface area (Å²) in [5.41, 5.74) is 5.52. The topological polar surface area (TPSA) is 49.5 Å². The zero-order chi connectivity index (χ0) is 10.2. The van der Waals surface area contributed by atoms with Crippen LogP contribution in [0.25, 0.3) is 0 Å². The standard InChI is InChI=1S/C11H24N2O/c12-7-4-9-13(8-1-2-10-14)11-5-3-6-11/h11,14H,1-10,12H2. The number of nitrogens with two attached hydrogens (primary N) is 1. The highest BCUT2D eigenvalue weighted by atomic mass is 16.2. The maximum atomic E-state index is 8.73. The van der Waals surface area contributed by atoms with Crippen molar-refractivity contribution in [3.8, 4) is 0 Å². The second-order valence-electron chi connectivity index (χ2n) is 4.19. The van der Waals surface area contributed by atoms with Crippen molar-refractivity contribution in [1.82, 2.24) is 4.90 Å². The van der Waals surface area contributed by atoms with Crippen LogP contribution in [-0.4, -0.2) is 42.3 Å². The van der Waals surface area contributed by atoms with Crippen molar-refractivity contribution in [3.05, 3.63) is 0 Å². The summed E-state index contributed by atoms with van der Waals surface area (Å²) in [6.45, 7) is 3.41. The van der Waals surface area contributed by atoms with Crippen LogP contribution in [0.15, 0.2) is 0 Å².